The molecular weight excluding hydrogens is 448 g/mol. The van der Waals surface area contributed by atoms with Crippen LogP contribution in [0.15, 0.2) is 12.2 Å². The Hall–Kier alpha value is -1.97. The summed E-state index contributed by atoms with van der Waals surface area (Å²) in [5.74, 6) is 2.89. The van der Waals surface area contributed by atoms with Crippen LogP contribution in [0.2, 0.25) is 0 Å². The highest BCUT2D eigenvalue weighted by atomic mass is 16.5. The zero-order chi connectivity index (χ0) is 26.7. The van der Waals surface area contributed by atoms with Crippen molar-refractivity contribution >= 4 is 5.97 Å². The molecule has 1 aliphatic heterocycles. The van der Waals surface area contributed by atoms with E-state index >= 15 is 0 Å². The van der Waals surface area contributed by atoms with Gasteiger partial charge in [0.2, 0.25) is 0 Å². The van der Waals surface area contributed by atoms with Crippen molar-refractivity contribution in [3.05, 3.63) is 34.4 Å². The van der Waals surface area contributed by atoms with Crippen molar-refractivity contribution in [3.63, 3.8) is 0 Å². The van der Waals surface area contributed by atoms with E-state index < -0.39 is 5.97 Å². The Bertz CT molecular complexity index is 870. The Labute approximate surface area is 220 Å². The van der Waals surface area contributed by atoms with Gasteiger partial charge in [0.05, 0.1) is 6.61 Å². The fourth-order valence-corrected chi connectivity index (χ4v) is 5.21. The molecule has 0 saturated carbocycles. The Morgan fingerprint density at radius 1 is 1.00 bits per heavy atom. The molecule has 4 nitrogen and oxygen atoms in total. The highest BCUT2D eigenvalue weighted by Gasteiger charge is 2.32. The summed E-state index contributed by atoms with van der Waals surface area (Å²) in [6.45, 7) is 16.4. The van der Waals surface area contributed by atoms with Crippen molar-refractivity contribution in [3.8, 4) is 11.5 Å². The number of hydrogen-bond acceptors (Lipinski definition) is 3. The molecule has 1 aromatic carbocycles. The summed E-state index contributed by atoms with van der Waals surface area (Å²) in [6.07, 6.45) is 16.9. The third-order valence-electron chi connectivity index (χ3n) is 7.79. The molecule has 2 unspecified atom stereocenters. The van der Waals surface area contributed by atoms with Crippen molar-refractivity contribution < 1.29 is 19.4 Å². The number of carbonyl (C=O) groups is 1. The van der Waals surface area contributed by atoms with Gasteiger partial charge in [-0.15, -0.1) is 0 Å². The number of unbranched alkanes of at least 4 members (excludes halogenated alkanes) is 4. The first-order valence-electron chi connectivity index (χ1n) is 14.4. The van der Waals surface area contributed by atoms with E-state index in [9.17, 15) is 4.79 Å². The van der Waals surface area contributed by atoms with Gasteiger partial charge in [0.25, 0.3) is 0 Å². The van der Waals surface area contributed by atoms with Crippen molar-refractivity contribution in [2.45, 2.75) is 131 Å². The van der Waals surface area contributed by atoms with E-state index in [1.54, 1.807) is 0 Å². The van der Waals surface area contributed by atoms with Crippen LogP contribution in [0.4, 0.5) is 0 Å². The molecule has 0 aliphatic carbocycles. The number of carboxylic acid groups (broad SMARTS) is 1. The summed E-state index contributed by atoms with van der Waals surface area (Å²) in [5.41, 5.74) is 4.64. The maximum Gasteiger partial charge on any atom is 0.303 e. The Balaban J connectivity index is 1.92. The van der Waals surface area contributed by atoms with E-state index in [1.165, 1.54) is 41.5 Å². The third kappa shape index (κ3) is 9.48. The minimum absolute atomic E-state index is 0.253. The van der Waals surface area contributed by atoms with E-state index in [-0.39, 0.29) is 12.0 Å². The SMILES string of the molecule is Cc1c(C)c2c(c(C)c1OCCCCCCCC(=O)O)CCC(C)(C=CCC(C)CCCC(C)C)O2. The first kappa shape index (κ1) is 30.3. The smallest absolute Gasteiger partial charge is 0.303 e. The van der Waals surface area contributed by atoms with E-state index in [1.807, 2.05) is 0 Å². The van der Waals surface area contributed by atoms with Gasteiger partial charge in [-0.1, -0.05) is 65.4 Å². The molecule has 0 radical (unpaired) electrons. The predicted octanol–water partition coefficient (Wildman–Crippen LogP) is 8.91. The van der Waals surface area contributed by atoms with E-state index in [0.29, 0.717) is 6.61 Å². The van der Waals surface area contributed by atoms with Gasteiger partial charge in [0.1, 0.15) is 17.1 Å². The number of allylic oxidation sites excluding steroid dienone is 1. The molecule has 0 fully saturated rings. The van der Waals surface area contributed by atoms with Crippen LogP contribution in [-0.4, -0.2) is 23.3 Å². The molecule has 1 N–H and O–H groups in total. The Morgan fingerprint density at radius 2 is 1.69 bits per heavy atom. The third-order valence-corrected chi connectivity index (χ3v) is 7.79. The molecule has 2 rings (SSSR count). The van der Waals surface area contributed by atoms with Gasteiger partial charge >= 0.3 is 5.97 Å². The van der Waals surface area contributed by atoms with Crippen LogP contribution in [0.5, 0.6) is 11.5 Å². The van der Waals surface area contributed by atoms with Crippen molar-refractivity contribution in [1.82, 2.24) is 0 Å². The summed E-state index contributed by atoms with van der Waals surface area (Å²) in [4.78, 5) is 10.6. The summed E-state index contributed by atoms with van der Waals surface area (Å²) in [6, 6.07) is 0. The molecule has 1 aliphatic rings. The second-order valence-corrected chi connectivity index (χ2v) is 11.8. The predicted molar refractivity (Wildman–Crippen MR) is 150 cm³/mol. The zero-order valence-corrected chi connectivity index (χ0v) is 24.2. The molecule has 1 heterocycles. The number of benzene rings is 1. The minimum Gasteiger partial charge on any atom is -0.493 e. The van der Waals surface area contributed by atoms with Crippen LogP contribution >= 0.6 is 0 Å². The number of hydrogen-bond donors (Lipinski definition) is 1. The lowest BCUT2D eigenvalue weighted by molar-refractivity contribution is -0.137. The van der Waals surface area contributed by atoms with Crippen LogP contribution in [0, 0.1) is 32.6 Å². The average molecular weight is 501 g/mol. The van der Waals surface area contributed by atoms with Gasteiger partial charge in [-0.2, -0.15) is 0 Å². The van der Waals surface area contributed by atoms with Crippen LogP contribution in [0.1, 0.15) is 121 Å². The minimum atomic E-state index is -0.700. The standard InChI is InChI=1S/C32H52O4/c1-23(2)15-13-16-24(3)17-14-20-32(7)21-19-28-27(6)30(25(4)26(5)31(28)36-32)35-22-12-10-8-9-11-18-29(33)34/h14,20,23-24H,8-13,15-19,21-22H2,1-7H3,(H,33,34). The highest BCUT2D eigenvalue weighted by molar-refractivity contribution is 5.66. The molecule has 0 spiro atoms. The molecule has 4 heteroatoms. The Morgan fingerprint density at radius 3 is 2.39 bits per heavy atom. The van der Waals surface area contributed by atoms with E-state index in [0.717, 1.165) is 74.7 Å². The number of rotatable bonds is 16. The fraction of sp³-hybridized carbons (Fsp3) is 0.719. The molecule has 204 valence electrons. The summed E-state index contributed by atoms with van der Waals surface area (Å²) in [7, 11) is 0. The molecule has 36 heavy (non-hydrogen) atoms. The zero-order valence-electron chi connectivity index (χ0n) is 24.2. The van der Waals surface area contributed by atoms with Gasteiger partial charge in [0, 0.05) is 12.0 Å². The summed E-state index contributed by atoms with van der Waals surface area (Å²) in [5, 5.41) is 8.73. The van der Waals surface area contributed by atoms with Gasteiger partial charge in [0.15, 0.2) is 0 Å². The summed E-state index contributed by atoms with van der Waals surface area (Å²) < 4.78 is 13.0. The second kappa shape index (κ2) is 14.7. The number of aliphatic carboxylic acids is 1. The van der Waals surface area contributed by atoms with Crippen LogP contribution in [0.3, 0.4) is 0 Å². The van der Waals surface area contributed by atoms with Crippen molar-refractivity contribution in [2.24, 2.45) is 11.8 Å². The van der Waals surface area contributed by atoms with E-state index in [2.05, 4.69) is 60.6 Å². The molecule has 0 saturated heterocycles. The Kier molecular flexibility index (Phi) is 12.3. The van der Waals surface area contributed by atoms with Gasteiger partial charge in [-0.3, -0.25) is 4.79 Å². The molecule has 0 amide bonds. The quantitative estimate of drug-likeness (QED) is 0.182. The van der Waals surface area contributed by atoms with Gasteiger partial charge in [-0.05, 0) is 94.4 Å². The molecule has 0 aromatic heterocycles. The fourth-order valence-electron chi connectivity index (χ4n) is 5.21. The van der Waals surface area contributed by atoms with Crippen molar-refractivity contribution in [2.75, 3.05) is 6.61 Å². The van der Waals surface area contributed by atoms with E-state index in [4.69, 9.17) is 14.6 Å². The lowest BCUT2D eigenvalue weighted by Crippen LogP contribution is -2.35. The molecule has 0 bridgehead atoms. The second-order valence-electron chi connectivity index (χ2n) is 11.8. The maximum absolute atomic E-state index is 10.6. The number of carboxylic acids is 1. The van der Waals surface area contributed by atoms with Gasteiger partial charge in [-0.25, -0.2) is 0 Å². The largest absolute Gasteiger partial charge is 0.493 e. The molecule has 2 atom stereocenters. The monoisotopic (exact) mass is 500 g/mol. The lowest BCUT2D eigenvalue weighted by Gasteiger charge is -2.36. The van der Waals surface area contributed by atoms with Crippen molar-refractivity contribution in [1.29, 1.82) is 0 Å². The maximum atomic E-state index is 10.6. The lowest BCUT2D eigenvalue weighted by atomic mass is 9.86. The number of ether oxygens (including phenoxy) is 2. The van der Waals surface area contributed by atoms with Crippen LogP contribution in [0.25, 0.3) is 0 Å². The van der Waals surface area contributed by atoms with Crippen LogP contribution < -0.4 is 9.47 Å². The normalized spacial score (nSPS) is 18.3. The highest BCUT2D eigenvalue weighted by Crippen LogP contribution is 2.44. The van der Waals surface area contributed by atoms with Gasteiger partial charge < -0.3 is 14.6 Å². The molecular formula is C32H52O4. The first-order valence-corrected chi connectivity index (χ1v) is 14.4. The average Bonchev–Trinajstić information content (AvgIpc) is 2.80. The first-order chi connectivity index (χ1) is 17.0. The van der Waals surface area contributed by atoms with Crippen LogP contribution in [-0.2, 0) is 11.2 Å². The topological polar surface area (TPSA) is 55.8 Å². The molecule has 1 aromatic rings. The number of fused-ring (bicyclic) bond motifs is 1. The summed E-state index contributed by atoms with van der Waals surface area (Å²) >= 11 is 0.